The van der Waals surface area contributed by atoms with Crippen molar-refractivity contribution in [3.63, 3.8) is 0 Å². The van der Waals surface area contributed by atoms with Crippen LogP contribution in [-0.4, -0.2) is 6.29 Å². The zero-order valence-electron chi connectivity index (χ0n) is 9.24. The minimum atomic E-state index is 0.650. The van der Waals surface area contributed by atoms with Crippen LogP contribution in [0.3, 0.4) is 0 Å². The van der Waals surface area contributed by atoms with E-state index in [1.54, 1.807) is 0 Å². The van der Waals surface area contributed by atoms with Crippen LogP contribution in [0.15, 0.2) is 24.3 Å². The molecule has 80 valence electrons. The first-order valence-corrected chi connectivity index (χ1v) is 5.65. The first kappa shape index (κ1) is 13.2. The molecule has 0 aromatic heterocycles. The Morgan fingerprint density at radius 2 is 1.57 bits per heavy atom. The Morgan fingerprint density at radius 3 is 2.21 bits per heavy atom. The average molecular weight is 194 g/mol. The SMILES string of the molecule is CCCCC/C=C\C/C=C\CCC=O. The van der Waals surface area contributed by atoms with Crippen LogP contribution in [0.2, 0.25) is 0 Å². The summed E-state index contributed by atoms with van der Waals surface area (Å²) in [6.45, 7) is 2.22. The highest BCUT2D eigenvalue weighted by Crippen LogP contribution is 2.00. The second-order valence-corrected chi connectivity index (χ2v) is 3.42. The normalized spacial score (nSPS) is 11.5. The van der Waals surface area contributed by atoms with E-state index in [0.29, 0.717) is 6.42 Å². The molecule has 0 heterocycles. The molecule has 0 saturated carbocycles. The summed E-state index contributed by atoms with van der Waals surface area (Å²) in [4.78, 5) is 9.99. The van der Waals surface area contributed by atoms with Crippen molar-refractivity contribution in [3.8, 4) is 0 Å². The minimum absolute atomic E-state index is 0.650. The summed E-state index contributed by atoms with van der Waals surface area (Å²) in [5.74, 6) is 0. The van der Waals surface area contributed by atoms with Gasteiger partial charge in [-0.2, -0.15) is 0 Å². The molecule has 0 rings (SSSR count). The molecule has 0 amide bonds. The van der Waals surface area contributed by atoms with Crippen LogP contribution >= 0.6 is 0 Å². The second-order valence-electron chi connectivity index (χ2n) is 3.42. The van der Waals surface area contributed by atoms with Gasteiger partial charge in [0, 0.05) is 6.42 Å². The molecule has 0 aliphatic heterocycles. The molecule has 0 aliphatic rings. The highest BCUT2D eigenvalue weighted by atomic mass is 16.1. The number of rotatable bonds is 9. The van der Waals surface area contributed by atoms with Crippen molar-refractivity contribution in [2.24, 2.45) is 0 Å². The van der Waals surface area contributed by atoms with E-state index >= 15 is 0 Å². The zero-order valence-corrected chi connectivity index (χ0v) is 9.24. The van der Waals surface area contributed by atoms with Crippen LogP contribution < -0.4 is 0 Å². The van der Waals surface area contributed by atoms with Crippen LogP contribution in [0.5, 0.6) is 0 Å². The average Bonchev–Trinajstić information content (AvgIpc) is 2.21. The van der Waals surface area contributed by atoms with Gasteiger partial charge >= 0.3 is 0 Å². The predicted octanol–water partition coefficient (Wildman–Crippen LogP) is 4.05. The van der Waals surface area contributed by atoms with Gasteiger partial charge in [0.25, 0.3) is 0 Å². The summed E-state index contributed by atoms with van der Waals surface area (Å²) in [6.07, 6.45) is 17.3. The van der Waals surface area contributed by atoms with Crippen LogP contribution in [0.25, 0.3) is 0 Å². The van der Waals surface area contributed by atoms with E-state index in [9.17, 15) is 4.79 Å². The molecule has 0 radical (unpaired) electrons. The lowest BCUT2D eigenvalue weighted by molar-refractivity contribution is -0.107. The molecule has 0 aliphatic carbocycles. The number of carbonyl (C=O) groups excluding carboxylic acids is 1. The number of unbranched alkanes of at least 4 members (excludes halogenated alkanes) is 4. The van der Waals surface area contributed by atoms with Crippen molar-refractivity contribution in [2.45, 2.75) is 51.9 Å². The lowest BCUT2D eigenvalue weighted by Crippen LogP contribution is -1.71. The fraction of sp³-hybridized carbons (Fsp3) is 0.615. The predicted molar refractivity (Wildman–Crippen MR) is 62.3 cm³/mol. The van der Waals surface area contributed by atoms with Crippen LogP contribution in [-0.2, 0) is 4.79 Å². The maximum absolute atomic E-state index is 9.99. The van der Waals surface area contributed by atoms with Gasteiger partial charge in [0.05, 0.1) is 0 Å². The molecule has 0 N–H and O–H groups in total. The highest BCUT2D eigenvalue weighted by molar-refractivity contribution is 5.49. The van der Waals surface area contributed by atoms with Gasteiger partial charge in [-0.25, -0.2) is 0 Å². The van der Waals surface area contributed by atoms with Crippen LogP contribution in [0.1, 0.15) is 51.9 Å². The highest BCUT2D eigenvalue weighted by Gasteiger charge is 1.81. The van der Waals surface area contributed by atoms with E-state index in [1.807, 2.05) is 0 Å². The minimum Gasteiger partial charge on any atom is -0.303 e. The molecule has 0 unspecified atom stereocenters. The Labute approximate surface area is 87.9 Å². The van der Waals surface area contributed by atoms with Gasteiger partial charge < -0.3 is 4.79 Å². The van der Waals surface area contributed by atoms with Gasteiger partial charge in [-0.05, 0) is 25.7 Å². The van der Waals surface area contributed by atoms with Gasteiger partial charge in [-0.1, -0.05) is 44.1 Å². The molecule has 0 saturated heterocycles. The largest absolute Gasteiger partial charge is 0.303 e. The van der Waals surface area contributed by atoms with E-state index < -0.39 is 0 Å². The third kappa shape index (κ3) is 11.2. The van der Waals surface area contributed by atoms with E-state index in [4.69, 9.17) is 0 Å². The van der Waals surface area contributed by atoms with Crippen molar-refractivity contribution >= 4 is 6.29 Å². The van der Waals surface area contributed by atoms with E-state index in [0.717, 1.165) is 19.1 Å². The molecule has 0 bridgehead atoms. The van der Waals surface area contributed by atoms with Crippen molar-refractivity contribution in [1.29, 1.82) is 0 Å². The molecule has 1 nitrogen and oxygen atoms in total. The molecule has 0 aromatic carbocycles. The monoisotopic (exact) mass is 194 g/mol. The summed E-state index contributed by atoms with van der Waals surface area (Å²) in [7, 11) is 0. The lowest BCUT2D eigenvalue weighted by atomic mass is 10.2. The number of aldehydes is 1. The molecule has 0 spiro atoms. The van der Waals surface area contributed by atoms with Crippen LogP contribution in [0, 0.1) is 0 Å². The molecule has 0 fully saturated rings. The summed E-state index contributed by atoms with van der Waals surface area (Å²) in [6, 6.07) is 0. The van der Waals surface area contributed by atoms with Crippen molar-refractivity contribution < 1.29 is 4.79 Å². The lowest BCUT2D eigenvalue weighted by Gasteiger charge is -1.90. The topological polar surface area (TPSA) is 17.1 Å². The third-order valence-corrected chi connectivity index (χ3v) is 2.03. The molecule has 0 aromatic rings. The summed E-state index contributed by atoms with van der Waals surface area (Å²) >= 11 is 0. The molecule has 0 atom stereocenters. The Balaban J connectivity index is 3.17. The van der Waals surface area contributed by atoms with Gasteiger partial charge in [-0.15, -0.1) is 0 Å². The summed E-state index contributed by atoms with van der Waals surface area (Å²) in [5.41, 5.74) is 0. The van der Waals surface area contributed by atoms with Gasteiger partial charge in [0.1, 0.15) is 6.29 Å². The second kappa shape index (κ2) is 12.2. The maximum Gasteiger partial charge on any atom is 0.120 e. The number of allylic oxidation sites excluding steroid dienone is 4. The number of carbonyl (C=O) groups is 1. The fourth-order valence-electron chi connectivity index (χ4n) is 1.18. The Kier molecular flexibility index (Phi) is 11.4. The van der Waals surface area contributed by atoms with E-state index in [1.165, 1.54) is 25.7 Å². The van der Waals surface area contributed by atoms with E-state index in [-0.39, 0.29) is 0 Å². The Hall–Kier alpha value is -0.850. The summed E-state index contributed by atoms with van der Waals surface area (Å²) < 4.78 is 0. The smallest absolute Gasteiger partial charge is 0.120 e. The number of hydrogen-bond acceptors (Lipinski definition) is 1. The maximum atomic E-state index is 9.99. The van der Waals surface area contributed by atoms with Crippen molar-refractivity contribution in [3.05, 3.63) is 24.3 Å². The number of hydrogen-bond donors (Lipinski definition) is 0. The molecule has 14 heavy (non-hydrogen) atoms. The van der Waals surface area contributed by atoms with Gasteiger partial charge in [0.2, 0.25) is 0 Å². The van der Waals surface area contributed by atoms with Crippen molar-refractivity contribution in [1.82, 2.24) is 0 Å². The summed E-state index contributed by atoms with van der Waals surface area (Å²) in [5, 5.41) is 0. The van der Waals surface area contributed by atoms with Gasteiger partial charge in [-0.3, -0.25) is 0 Å². The molecular formula is C13H22O. The molecular weight excluding hydrogens is 172 g/mol. The molecule has 1 heteroatoms. The zero-order chi connectivity index (χ0) is 10.5. The fourth-order valence-corrected chi connectivity index (χ4v) is 1.18. The van der Waals surface area contributed by atoms with Gasteiger partial charge in [0.15, 0.2) is 0 Å². The van der Waals surface area contributed by atoms with Crippen LogP contribution in [0.4, 0.5) is 0 Å². The quantitative estimate of drug-likeness (QED) is 0.307. The van der Waals surface area contributed by atoms with E-state index in [2.05, 4.69) is 31.2 Å². The Morgan fingerprint density at radius 1 is 0.857 bits per heavy atom. The third-order valence-electron chi connectivity index (χ3n) is 2.03. The standard InChI is InChI=1S/C13H22O/c1-2-3-4-5-6-7-8-9-10-11-12-13-14/h6-7,9-10,13H,2-5,8,11-12H2,1H3/b7-6-,10-9-. The first-order valence-electron chi connectivity index (χ1n) is 5.65. The first-order chi connectivity index (χ1) is 6.91. The Bertz CT molecular complexity index is 168. The van der Waals surface area contributed by atoms with Crippen molar-refractivity contribution in [2.75, 3.05) is 0 Å².